The normalized spacial score (nSPS) is 13.1. The Bertz CT molecular complexity index is 996. The van der Waals surface area contributed by atoms with Crippen molar-refractivity contribution in [1.29, 1.82) is 0 Å². The third-order valence-corrected chi connectivity index (χ3v) is 4.61. The highest BCUT2D eigenvalue weighted by atomic mass is 35.5. The van der Waals surface area contributed by atoms with E-state index in [4.69, 9.17) is 37.1 Å². The van der Waals surface area contributed by atoms with Crippen LogP contribution in [0, 0.1) is 6.92 Å². The second-order valence-corrected chi connectivity index (χ2v) is 6.42. The van der Waals surface area contributed by atoms with E-state index in [1.165, 1.54) is 0 Å². The number of ether oxygens (including phenoxy) is 2. The van der Waals surface area contributed by atoms with Crippen LogP contribution >= 0.6 is 23.2 Å². The van der Waals surface area contributed by atoms with Gasteiger partial charge in [0.1, 0.15) is 13.2 Å². The standard InChI is InChI=1S/C18H13Cl2NO4/c1-9-10-3-2-4-11(19)17(10)25-16(9)18(22)21-13-8-15-14(7-12(13)20)23-5-6-24-15/h2-4,7-8H,5-6H2,1H3,(H,21,22). The molecule has 0 bridgehead atoms. The average molecular weight is 378 g/mol. The van der Waals surface area contributed by atoms with Crippen molar-refractivity contribution in [3.8, 4) is 11.5 Å². The van der Waals surface area contributed by atoms with Crippen LogP contribution < -0.4 is 14.8 Å². The molecule has 0 saturated carbocycles. The van der Waals surface area contributed by atoms with Crippen molar-refractivity contribution < 1.29 is 18.7 Å². The Morgan fingerprint density at radius 1 is 1.08 bits per heavy atom. The maximum absolute atomic E-state index is 12.7. The lowest BCUT2D eigenvalue weighted by Gasteiger charge is -2.19. The van der Waals surface area contributed by atoms with Crippen molar-refractivity contribution in [2.45, 2.75) is 6.92 Å². The van der Waals surface area contributed by atoms with Crippen molar-refractivity contribution in [2.75, 3.05) is 18.5 Å². The molecule has 2 heterocycles. The van der Waals surface area contributed by atoms with E-state index in [0.717, 1.165) is 5.39 Å². The van der Waals surface area contributed by atoms with Crippen molar-refractivity contribution in [1.82, 2.24) is 0 Å². The lowest BCUT2D eigenvalue weighted by Crippen LogP contribution is -2.17. The molecule has 3 aromatic rings. The smallest absolute Gasteiger partial charge is 0.291 e. The zero-order valence-corrected chi connectivity index (χ0v) is 14.7. The molecule has 0 aliphatic carbocycles. The van der Waals surface area contributed by atoms with Crippen LogP contribution in [-0.2, 0) is 0 Å². The third kappa shape index (κ3) is 2.79. The van der Waals surface area contributed by atoms with Gasteiger partial charge in [0.15, 0.2) is 22.8 Å². The summed E-state index contributed by atoms with van der Waals surface area (Å²) in [5, 5.41) is 4.36. The van der Waals surface area contributed by atoms with Crippen LogP contribution in [0.15, 0.2) is 34.7 Å². The van der Waals surface area contributed by atoms with E-state index < -0.39 is 5.91 Å². The summed E-state index contributed by atoms with van der Waals surface area (Å²) < 4.78 is 16.7. The lowest BCUT2D eigenvalue weighted by atomic mass is 10.1. The summed E-state index contributed by atoms with van der Waals surface area (Å²) in [5.41, 5.74) is 1.62. The van der Waals surface area contributed by atoms with Gasteiger partial charge in [-0.1, -0.05) is 35.3 Å². The molecule has 1 N–H and O–H groups in total. The predicted octanol–water partition coefficient (Wildman–Crippen LogP) is 5.07. The number of hydrogen-bond donors (Lipinski definition) is 1. The van der Waals surface area contributed by atoms with Gasteiger partial charge < -0.3 is 19.2 Å². The number of hydrogen-bond acceptors (Lipinski definition) is 4. The summed E-state index contributed by atoms with van der Waals surface area (Å²) in [4.78, 5) is 12.7. The Kier molecular flexibility index (Phi) is 3.98. The number of carbonyl (C=O) groups excluding carboxylic acids is 1. The number of fused-ring (bicyclic) bond motifs is 2. The second-order valence-electron chi connectivity index (χ2n) is 5.60. The number of benzene rings is 2. The topological polar surface area (TPSA) is 60.7 Å². The minimum absolute atomic E-state index is 0.189. The molecule has 0 atom stereocenters. The zero-order chi connectivity index (χ0) is 17.6. The maximum atomic E-state index is 12.7. The van der Waals surface area contributed by atoms with E-state index in [2.05, 4.69) is 5.32 Å². The van der Waals surface area contributed by atoms with Crippen LogP contribution in [0.4, 0.5) is 5.69 Å². The Hall–Kier alpha value is -2.37. The van der Waals surface area contributed by atoms with Crippen LogP contribution in [0.5, 0.6) is 11.5 Å². The zero-order valence-electron chi connectivity index (χ0n) is 13.2. The van der Waals surface area contributed by atoms with Gasteiger partial charge in [-0.15, -0.1) is 0 Å². The number of amides is 1. The molecule has 0 unspecified atom stereocenters. The molecule has 0 fully saturated rings. The van der Waals surface area contributed by atoms with E-state index in [0.29, 0.717) is 51.6 Å². The number of nitrogens with one attached hydrogen (secondary N) is 1. The lowest BCUT2D eigenvalue weighted by molar-refractivity contribution is 0.0998. The van der Waals surface area contributed by atoms with Gasteiger partial charge in [-0.25, -0.2) is 0 Å². The minimum atomic E-state index is -0.414. The quantitative estimate of drug-likeness (QED) is 0.676. The molecule has 1 amide bonds. The van der Waals surface area contributed by atoms with Crippen molar-refractivity contribution in [3.63, 3.8) is 0 Å². The monoisotopic (exact) mass is 377 g/mol. The first-order valence-electron chi connectivity index (χ1n) is 7.62. The largest absolute Gasteiger partial charge is 0.486 e. The molecule has 5 nitrogen and oxygen atoms in total. The first-order chi connectivity index (χ1) is 12.0. The molecule has 0 spiro atoms. The highest BCUT2D eigenvalue weighted by molar-refractivity contribution is 6.35. The van der Waals surface area contributed by atoms with Crippen LogP contribution in [0.2, 0.25) is 10.0 Å². The fraction of sp³-hybridized carbons (Fsp3) is 0.167. The number of carbonyl (C=O) groups is 1. The molecule has 1 aliphatic heterocycles. The Morgan fingerprint density at radius 3 is 2.52 bits per heavy atom. The summed E-state index contributed by atoms with van der Waals surface area (Å²) >= 11 is 12.4. The van der Waals surface area contributed by atoms with Crippen LogP contribution in [0.1, 0.15) is 16.1 Å². The molecule has 1 aromatic heterocycles. The Morgan fingerprint density at radius 2 is 1.80 bits per heavy atom. The van der Waals surface area contributed by atoms with Gasteiger partial charge in [0.05, 0.1) is 15.7 Å². The van der Waals surface area contributed by atoms with Gasteiger partial charge >= 0.3 is 0 Å². The summed E-state index contributed by atoms with van der Waals surface area (Å²) in [7, 11) is 0. The van der Waals surface area contributed by atoms with E-state index in [1.807, 2.05) is 19.1 Å². The maximum Gasteiger partial charge on any atom is 0.291 e. The van der Waals surface area contributed by atoms with Crippen molar-refractivity contribution in [3.05, 3.63) is 51.7 Å². The molecule has 0 saturated heterocycles. The first-order valence-corrected chi connectivity index (χ1v) is 8.38. The van der Waals surface area contributed by atoms with Crippen LogP contribution in [0.25, 0.3) is 11.0 Å². The van der Waals surface area contributed by atoms with E-state index >= 15 is 0 Å². The number of halogens is 2. The number of para-hydroxylation sites is 1. The minimum Gasteiger partial charge on any atom is -0.486 e. The fourth-order valence-electron chi connectivity index (χ4n) is 2.76. The number of anilines is 1. The highest BCUT2D eigenvalue weighted by Gasteiger charge is 2.21. The number of furan rings is 1. The summed E-state index contributed by atoms with van der Waals surface area (Å²) in [5.74, 6) is 0.869. The Balaban J connectivity index is 1.69. The van der Waals surface area contributed by atoms with Crippen LogP contribution in [-0.4, -0.2) is 19.1 Å². The van der Waals surface area contributed by atoms with Gasteiger partial charge in [-0.2, -0.15) is 0 Å². The van der Waals surface area contributed by atoms with E-state index in [-0.39, 0.29) is 5.76 Å². The van der Waals surface area contributed by atoms with Crippen molar-refractivity contribution >= 4 is 45.8 Å². The molecule has 128 valence electrons. The van der Waals surface area contributed by atoms with Crippen LogP contribution in [0.3, 0.4) is 0 Å². The molecule has 4 rings (SSSR count). The number of aryl methyl sites for hydroxylation is 1. The SMILES string of the molecule is Cc1c(C(=O)Nc2cc3c(cc2Cl)OCCO3)oc2c(Cl)cccc12. The van der Waals surface area contributed by atoms with Gasteiger partial charge in [0, 0.05) is 23.1 Å². The Labute approximate surface area is 153 Å². The average Bonchev–Trinajstić information content (AvgIpc) is 2.94. The van der Waals surface area contributed by atoms with Gasteiger partial charge in [-0.05, 0) is 13.0 Å². The molecular formula is C18H13Cl2NO4. The predicted molar refractivity (Wildman–Crippen MR) is 96.4 cm³/mol. The number of rotatable bonds is 2. The molecule has 0 radical (unpaired) electrons. The summed E-state index contributed by atoms with van der Waals surface area (Å²) in [6.45, 7) is 2.72. The molecule has 2 aromatic carbocycles. The van der Waals surface area contributed by atoms with Gasteiger partial charge in [0.2, 0.25) is 0 Å². The molecular weight excluding hydrogens is 365 g/mol. The fourth-order valence-corrected chi connectivity index (χ4v) is 3.18. The summed E-state index contributed by atoms with van der Waals surface area (Å²) in [6.07, 6.45) is 0. The molecule has 25 heavy (non-hydrogen) atoms. The first kappa shape index (κ1) is 16.1. The van der Waals surface area contributed by atoms with Crippen molar-refractivity contribution in [2.24, 2.45) is 0 Å². The molecule has 1 aliphatic rings. The van der Waals surface area contributed by atoms with Gasteiger partial charge in [-0.3, -0.25) is 4.79 Å². The summed E-state index contributed by atoms with van der Waals surface area (Å²) in [6, 6.07) is 8.64. The van der Waals surface area contributed by atoms with Gasteiger partial charge in [0.25, 0.3) is 5.91 Å². The van der Waals surface area contributed by atoms with E-state index in [1.54, 1.807) is 18.2 Å². The highest BCUT2D eigenvalue weighted by Crippen LogP contribution is 2.38. The van der Waals surface area contributed by atoms with E-state index in [9.17, 15) is 4.79 Å². The third-order valence-electron chi connectivity index (χ3n) is 4.00. The second kappa shape index (κ2) is 6.17. The molecule has 7 heteroatoms.